The maximum absolute atomic E-state index is 5.79. The third kappa shape index (κ3) is 2.01. The summed E-state index contributed by atoms with van der Waals surface area (Å²) in [5, 5.41) is 3.27. The van der Waals surface area contributed by atoms with Crippen LogP contribution in [0.1, 0.15) is 19.3 Å². The van der Waals surface area contributed by atoms with Crippen molar-refractivity contribution in [2.75, 3.05) is 7.05 Å². The average molecular weight is 193 g/mol. The van der Waals surface area contributed by atoms with Crippen molar-refractivity contribution in [1.29, 1.82) is 0 Å². The van der Waals surface area contributed by atoms with Crippen LogP contribution in [0.3, 0.4) is 0 Å². The van der Waals surface area contributed by atoms with Crippen molar-refractivity contribution in [3.8, 4) is 5.75 Å². The Bertz CT molecular complexity index is 278. The fourth-order valence-corrected chi connectivity index (χ4v) is 1.92. The molecule has 1 aromatic heterocycles. The highest BCUT2D eigenvalue weighted by molar-refractivity contribution is 5.11. The minimum absolute atomic E-state index is 0.269. The molecule has 4 heteroatoms. The molecule has 1 saturated carbocycles. The van der Waals surface area contributed by atoms with E-state index in [1.54, 1.807) is 12.4 Å². The van der Waals surface area contributed by atoms with Gasteiger partial charge in [-0.25, -0.2) is 9.97 Å². The molecule has 1 aromatic rings. The van der Waals surface area contributed by atoms with Gasteiger partial charge in [-0.15, -0.1) is 0 Å². The number of ether oxygens (including phenoxy) is 1. The highest BCUT2D eigenvalue weighted by Crippen LogP contribution is 2.23. The molecule has 0 spiro atoms. The van der Waals surface area contributed by atoms with E-state index in [0.29, 0.717) is 6.04 Å². The lowest BCUT2D eigenvalue weighted by Gasteiger charge is -2.19. The third-order valence-corrected chi connectivity index (χ3v) is 2.65. The average Bonchev–Trinajstić information content (AvgIpc) is 2.67. The van der Waals surface area contributed by atoms with Gasteiger partial charge in [0.2, 0.25) is 0 Å². The van der Waals surface area contributed by atoms with Gasteiger partial charge in [-0.2, -0.15) is 0 Å². The van der Waals surface area contributed by atoms with Gasteiger partial charge in [-0.3, -0.25) is 0 Å². The number of hydrogen-bond donors (Lipinski definition) is 1. The largest absolute Gasteiger partial charge is 0.486 e. The van der Waals surface area contributed by atoms with Crippen LogP contribution >= 0.6 is 0 Å². The van der Waals surface area contributed by atoms with Crippen LogP contribution in [0.2, 0.25) is 0 Å². The predicted octanol–water partition coefficient (Wildman–Crippen LogP) is 0.996. The molecule has 1 N–H and O–H groups in total. The van der Waals surface area contributed by atoms with Gasteiger partial charge < -0.3 is 10.1 Å². The molecule has 2 atom stereocenters. The summed E-state index contributed by atoms with van der Waals surface area (Å²) >= 11 is 0. The summed E-state index contributed by atoms with van der Waals surface area (Å²) in [7, 11) is 1.98. The summed E-state index contributed by atoms with van der Waals surface area (Å²) in [6, 6.07) is 0.468. The SMILES string of the molecule is CN[C@@H]1CCC[C@H]1Oc1cncnc1. The molecular formula is C10H15N3O. The van der Waals surface area contributed by atoms with Gasteiger partial charge >= 0.3 is 0 Å². The molecular weight excluding hydrogens is 178 g/mol. The summed E-state index contributed by atoms with van der Waals surface area (Å²) < 4.78 is 5.79. The molecule has 1 aliphatic carbocycles. The van der Waals surface area contributed by atoms with Crippen LogP contribution in [0, 0.1) is 0 Å². The molecule has 1 aliphatic rings. The summed E-state index contributed by atoms with van der Waals surface area (Å²) in [6.07, 6.45) is 8.72. The molecule has 0 radical (unpaired) electrons. The van der Waals surface area contributed by atoms with Crippen LogP contribution in [0.25, 0.3) is 0 Å². The minimum atomic E-state index is 0.269. The first-order valence-electron chi connectivity index (χ1n) is 4.99. The van der Waals surface area contributed by atoms with Gasteiger partial charge in [0.1, 0.15) is 12.4 Å². The Morgan fingerprint density at radius 3 is 2.86 bits per heavy atom. The van der Waals surface area contributed by atoms with Crippen LogP contribution in [0.15, 0.2) is 18.7 Å². The fourth-order valence-electron chi connectivity index (χ4n) is 1.92. The van der Waals surface area contributed by atoms with Crippen LogP contribution in [-0.2, 0) is 0 Å². The van der Waals surface area contributed by atoms with Crippen molar-refractivity contribution in [3.63, 3.8) is 0 Å². The van der Waals surface area contributed by atoms with Crippen LogP contribution in [0.5, 0.6) is 5.75 Å². The van der Waals surface area contributed by atoms with E-state index in [-0.39, 0.29) is 6.10 Å². The molecule has 0 aliphatic heterocycles. The highest BCUT2D eigenvalue weighted by atomic mass is 16.5. The maximum Gasteiger partial charge on any atom is 0.156 e. The molecule has 4 nitrogen and oxygen atoms in total. The number of aromatic nitrogens is 2. The van der Waals surface area contributed by atoms with Crippen LogP contribution < -0.4 is 10.1 Å². The Morgan fingerprint density at radius 2 is 2.14 bits per heavy atom. The highest BCUT2D eigenvalue weighted by Gasteiger charge is 2.27. The van der Waals surface area contributed by atoms with Crippen LogP contribution in [-0.4, -0.2) is 29.2 Å². The lowest BCUT2D eigenvalue weighted by atomic mass is 10.2. The standard InChI is InChI=1S/C10H15N3O/c1-11-9-3-2-4-10(9)14-8-5-12-7-13-6-8/h5-7,9-11H,2-4H2,1H3/t9-,10-/m1/s1. The van der Waals surface area contributed by atoms with Crippen LogP contribution in [0.4, 0.5) is 0 Å². The van der Waals surface area contributed by atoms with E-state index in [1.807, 2.05) is 7.05 Å². The number of likely N-dealkylation sites (N-methyl/N-ethyl adjacent to an activating group) is 1. The molecule has 1 fully saturated rings. The van der Waals surface area contributed by atoms with Gasteiger partial charge in [-0.05, 0) is 26.3 Å². The fraction of sp³-hybridized carbons (Fsp3) is 0.600. The van der Waals surface area contributed by atoms with Gasteiger partial charge in [-0.1, -0.05) is 0 Å². The number of nitrogens with one attached hydrogen (secondary N) is 1. The second-order valence-electron chi connectivity index (χ2n) is 3.56. The number of hydrogen-bond acceptors (Lipinski definition) is 4. The first kappa shape index (κ1) is 9.40. The van der Waals surface area contributed by atoms with Gasteiger partial charge in [0, 0.05) is 6.04 Å². The molecule has 1 heterocycles. The van der Waals surface area contributed by atoms with Crippen molar-refractivity contribution in [3.05, 3.63) is 18.7 Å². The predicted molar refractivity (Wildman–Crippen MR) is 53.1 cm³/mol. The van der Waals surface area contributed by atoms with Crippen molar-refractivity contribution < 1.29 is 4.74 Å². The first-order chi connectivity index (χ1) is 6.90. The van der Waals surface area contributed by atoms with E-state index in [4.69, 9.17) is 4.74 Å². The maximum atomic E-state index is 5.79. The van der Waals surface area contributed by atoms with Crippen molar-refractivity contribution >= 4 is 0 Å². The van der Waals surface area contributed by atoms with E-state index < -0.39 is 0 Å². The lowest BCUT2D eigenvalue weighted by molar-refractivity contribution is 0.177. The van der Waals surface area contributed by atoms with Crippen molar-refractivity contribution in [2.45, 2.75) is 31.4 Å². The Labute approximate surface area is 83.7 Å². The zero-order chi connectivity index (χ0) is 9.80. The second kappa shape index (κ2) is 4.37. The minimum Gasteiger partial charge on any atom is -0.486 e. The molecule has 2 rings (SSSR count). The smallest absolute Gasteiger partial charge is 0.156 e. The lowest BCUT2D eigenvalue weighted by Crippen LogP contribution is -2.36. The molecule has 0 unspecified atom stereocenters. The monoisotopic (exact) mass is 193 g/mol. The summed E-state index contributed by atoms with van der Waals surface area (Å²) in [5.41, 5.74) is 0. The molecule has 0 aromatic carbocycles. The van der Waals surface area contributed by atoms with Gasteiger partial charge in [0.05, 0.1) is 12.4 Å². The Hall–Kier alpha value is -1.16. The number of rotatable bonds is 3. The number of nitrogens with zero attached hydrogens (tertiary/aromatic N) is 2. The van der Waals surface area contributed by atoms with E-state index in [0.717, 1.165) is 12.2 Å². The summed E-state index contributed by atoms with van der Waals surface area (Å²) in [5.74, 6) is 0.764. The van der Waals surface area contributed by atoms with E-state index in [2.05, 4.69) is 15.3 Å². The van der Waals surface area contributed by atoms with Gasteiger partial charge in [0.15, 0.2) is 5.75 Å². The second-order valence-corrected chi connectivity index (χ2v) is 3.56. The first-order valence-corrected chi connectivity index (χ1v) is 4.99. The van der Waals surface area contributed by atoms with Crippen molar-refractivity contribution in [1.82, 2.24) is 15.3 Å². The third-order valence-electron chi connectivity index (χ3n) is 2.65. The normalized spacial score (nSPS) is 26.4. The molecule has 0 amide bonds. The van der Waals surface area contributed by atoms with E-state index in [9.17, 15) is 0 Å². The quantitative estimate of drug-likeness (QED) is 0.777. The summed E-state index contributed by atoms with van der Waals surface area (Å²) in [4.78, 5) is 7.84. The van der Waals surface area contributed by atoms with E-state index >= 15 is 0 Å². The topological polar surface area (TPSA) is 47.0 Å². The molecule has 0 bridgehead atoms. The Kier molecular flexibility index (Phi) is 2.93. The zero-order valence-corrected chi connectivity index (χ0v) is 8.31. The Morgan fingerprint density at radius 1 is 1.36 bits per heavy atom. The van der Waals surface area contributed by atoms with Crippen molar-refractivity contribution in [2.24, 2.45) is 0 Å². The molecule has 76 valence electrons. The molecule has 0 saturated heterocycles. The summed E-state index contributed by atoms with van der Waals surface area (Å²) in [6.45, 7) is 0. The van der Waals surface area contributed by atoms with E-state index in [1.165, 1.54) is 19.2 Å². The van der Waals surface area contributed by atoms with Gasteiger partial charge in [0.25, 0.3) is 0 Å². The zero-order valence-electron chi connectivity index (χ0n) is 8.31. The molecule has 14 heavy (non-hydrogen) atoms. The Balaban J connectivity index is 1.97.